The number of aromatic nitrogens is 4. The van der Waals surface area contributed by atoms with Crippen molar-refractivity contribution in [1.29, 1.82) is 0 Å². The van der Waals surface area contributed by atoms with Crippen LogP contribution in [-0.2, 0) is 0 Å². The summed E-state index contributed by atoms with van der Waals surface area (Å²) >= 11 is 6.02. The van der Waals surface area contributed by atoms with Crippen molar-refractivity contribution in [1.82, 2.24) is 20.2 Å². The highest BCUT2D eigenvalue weighted by Gasteiger charge is 2.06. The maximum atomic E-state index is 6.02. The minimum Gasteiger partial charge on any atom is -0.379 e. The molecule has 0 bridgehead atoms. The fourth-order valence-corrected chi connectivity index (χ4v) is 2.30. The van der Waals surface area contributed by atoms with Gasteiger partial charge in [-0.05, 0) is 59.3 Å². The summed E-state index contributed by atoms with van der Waals surface area (Å²) in [6.07, 6.45) is 1.57. The number of rotatable bonds is 4. The summed E-state index contributed by atoms with van der Waals surface area (Å²) in [7, 11) is 0. The number of nitrogens with zero attached hydrogens (tertiary/aromatic N) is 4. The van der Waals surface area contributed by atoms with E-state index in [1.807, 2.05) is 42.5 Å². The maximum Gasteiger partial charge on any atom is 0.143 e. The molecule has 21 heavy (non-hydrogen) atoms. The molecular formula is C15H14ClN5. The minimum atomic E-state index is 0.169. The van der Waals surface area contributed by atoms with Crippen molar-refractivity contribution in [2.24, 2.45) is 0 Å². The Morgan fingerprint density at radius 3 is 2.62 bits per heavy atom. The molecule has 0 saturated carbocycles. The molecule has 0 fully saturated rings. The van der Waals surface area contributed by atoms with E-state index in [0.29, 0.717) is 0 Å². The molecule has 0 aliphatic rings. The van der Waals surface area contributed by atoms with Crippen LogP contribution in [0.3, 0.4) is 0 Å². The Hall–Kier alpha value is -2.40. The molecule has 0 aliphatic heterocycles. The molecule has 3 rings (SSSR count). The van der Waals surface area contributed by atoms with E-state index in [-0.39, 0.29) is 6.04 Å². The van der Waals surface area contributed by atoms with Gasteiger partial charge in [-0.3, -0.25) is 0 Å². The topological polar surface area (TPSA) is 55.6 Å². The largest absolute Gasteiger partial charge is 0.379 e. The third-order valence-corrected chi connectivity index (χ3v) is 3.45. The Balaban J connectivity index is 1.73. The van der Waals surface area contributed by atoms with Crippen molar-refractivity contribution in [2.45, 2.75) is 13.0 Å². The summed E-state index contributed by atoms with van der Waals surface area (Å²) in [5.74, 6) is 0. The number of halogens is 1. The summed E-state index contributed by atoms with van der Waals surface area (Å²) in [5.41, 5.74) is 3.09. The number of tetrazole rings is 1. The zero-order valence-corrected chi connectivity index (χ0v) is 12.2. The first-order valence-electron chi connectivity index (χ1n) is 6.58. The monoisotopic (exact) mass is 299 g/mol. The van der Waals surface area contributed by atoms with E-state index in [9.17, 15) is 0 Å². The molecule has 5 nitrogen and oxygen atoms in total. The van der Waals surface area contributed by atoms with Crippen molar-refractivity contribution in [3.8, 4) is 5.69 Å². The molecule has 0 aliphatic carbocycles. The molecule has 1 N–H and O–H groups in total. The molecule has 0 spiro atoms. The van der Waals surface area contributed by atoms with Gasteiger partial charge in [0.25, 0.3) is 0 Å². The van der Waals surface area contributed by atoms with Gasteiger partial charge in [0.05, 0.1) is 5.69 Å². The zero-order valence-electron chi connectivity index (χ0n) is 11.4. The fourth-order valence-electron chi connectivity index (χ4n) is 2.10. The summed E-state index contributed by atoms with van der Waals surface area (Å²) in [6, 6.07) is 15.9. The first-order valence-corrected chi connectivity index (χ1v) is 6.95. The van der Waals surface area contributed by atoms with Gasteiger partial charge >= 0.3 is 0 Å². The lowest BCUT2D eigenvalue weighted by molar-refractivity contribution is 0.789. The van der Waals surface area contributed by atoms with Crippen molar-refractivity contribution in [2.75, 3.05) is 5.32 Å². The molecule has 1 aromatic heterocycles. The quantitative estimate of drug-likeness (QED) is 0.801. The second kappa shape index (κ2) is 5.93. The predicted octanol–water partition coefficient (Wildman–Crippen LogP) is 3.49. The Labute approximate surface area is 127 Å². The van der Waals surface area contributed by atoms with Gasteiger partial charge in [0, 0.05) is 16.8 Å². The van der Waals surface area contributed by atoms with Crippen molar-refractivity contribution in [3.63, 3.8) is 0 Å². The first-order chi connectivity index (χ1) is 10.2. The van der Waals surface area contributed by atoms with Crippen LogP contribution in [0.2, 0.25) is 5.02 Å². The smallest absolute Gasteiger partial charge is 0.143 e. The average molecular weight is 300 g/mol. The molecule has 1 heterocycles. The number of hydrogen-bond donors (Lipinski definition) is 1. The Kier molecular flexibility index (Phi) is 3.83. The number of nitrogens with one attached hydrogen (secondary N) is 1. The van der Waals surface area contributed by atoms with Gasteiger partial charge in [-0.1, -0.05) is 23.7 Å². The van der Waals surface area contributed by atoms with E-state index in [4.69, 9.17) is 11.6 Å². The van der Waals surface area contributed by atoms with Gasteiger partial charge in [-0.25, -0.2) is 4.68 Å². The van der Waals surface area contributed by atoms with Gasteiger partial charge in [0.1, 0.15) is 6.33 Å². The van der Waals surface area contributed by atoms with Gasteiger partial charge in [-0.15, -0.1) is 5.10 Å². The first kappa shape index (κ1) is 13.6. The van der Waals surface area contributed by atoms with E-state index in [0.717, 1.165) is 22.0 Å². The molecule has 1 unspecified atom stereocenters. The van der Waals surface area contributed by atoms with Crippen LogP contribution in [0.25, 0.3) is 5.69 Å². The molecular weight excluding hydrogens is 286 g/mol. The van der Waals surface area contributed by atoms with Crippen LogP contribution < -0.4 is 5.32 Å². The standard InChI is InChI=1S/C15H14ClN5/c1-11(12-3-2-4-13(16)9-12)18-14-5-7-15(8-6-14)21-10-17-19-20-21/h2-11,18H,1H3. The highest BCUT2D eigenvalue weighted by molar-refractivity contribution is 6.30. The van der Waals surface area contributed by atoms with E-state index < -0.39 is 0 Å². The molecule has 6 heteroatoms. The number of anilines is 1. The second-order valence-corrected chi connectivity index (χ2v) is 5.16. The summed E-state index contributed by atoms with van der Waals surface area (Å²) in [5, 5.41) is 15.3. The van der Waals surface area contributed by atoms with Gasteiger partial charge in [-0.2, -0.15) is 0 Å². The van der Waals surface area contributed by atoms with Crippen LogP contribution in [0.4, 0.5) is 5.69 Å². The maximum absolute atomic E-state index is 6.02. The van der Waals surface area contributed by atoms with Crippen LogP contribution in [0.5, 0.6) is 0 Å². The lowest BCUT2D eigenvalue weighted by atomic mass is 10.1. The summed E-state index contributed by atoms with van der Waals surface area (Å²) < 4.78 is 1.62. The fraction of sp³-hybridized carbons (Fsp3) is 0.133. The van der Waals surface area contributed by atoms with E-state index in [2.05, 4.69) is 33.8 Å². The summed E-state index contributed by atoms with van der Waals surface area (Å²) in [6.45, 7) is 2.10. The Bertz CT molecular complexity index is 709. The molecule has 0 radical (unpaired) electrons. The third kappa shape index (κ3) is 3.20. The van der Waals surface area contributed by atoms with Gasteiger partial charge in [0.15, 0.2) is 0 Å². The molecule has 0 amide bonds. The van der Waals surface area contributed by atoms with Crippen molar-refractivity contribution < 1.29 is 0 Å². The highest BCUT2D eigenvalue weighted by atomic mass is 35.5. The van der Waals surface area contributed by atoms with Crippen molar-refractivity contribution in [3.05, 3.63) is 65.4 Å². The van der Waals surface area contributed by atoms with Crippen LogP contribution in [0.1, 0.15) is 18.5 Å². The van der Waals surface area contributed by atoms with Gasteiger partial charge < -0.3 is 5.32 Å². The zero-order chi connectivity index (χ0) is 14.7. The molecule has 1 atom stereocenters. The second-order valence-electron chi connectivity index (χ2n) is 4.72. The highest BCUT2D eigenvalue weighted by Crippen LogP contribution is 2.22. The SMILES string of the molecule is CC(Nc1ccc(-n2cnnn2)cc1)c1cccc(Cl)c1. The summed E-state index contributed by atoms with van der Waals surface area (Å²) in [4.78, 5) is 0. The Morgan fingerprint density at radius 2 is 1.95 bits per heavy atom. The van der Waals surface area contributed by atoms with Gasteiger partial charge in [0.2, 0.25) is 0 Å². The van der Waals surface area contributed by atoms with E-state index >= 15 is 0 Å². The average Bonchev–Trinajstić information content (AvgIpc) is 3.02. The van der Waals surface area contributed by atoms with Crippen LogP contribution in [0.15, 0.2) is 54.9 Å². The Morgan fingerprint density at radius 1 is 1.14 bits per heavy atom. The number of benzene rings is 2. The van der Waals surface area contributed by atoms with Crippen LogP contribution >= 0.6 is 11.6 Å². The minimum absolute atomic E-state index is 0.169. The lowest BCUT2D eigenvalue weighted by Gasteiger charge is -2.16. The van der Waals surface area contributed by atoms with Crippen LogP contribution in [0, 0.1) is 0 Å². The molecule has 106 valence electrons. The van der Waals surface area contributed by atoms with Crippen molar-refractivity contribution >= 4 is 17.3 Å². The molecule has 2 aromatic carbocycles. The normalized spacial score (nSPS) is 12.1. The third-order valence-electron chi connectivity index (χ3n) is 3.21. The van der Waals surface area contributed by atoms with E-state index in [1.165, 1.54) is 0 Å². The molecule has 0 saturated heterocycles. The predicted molar refractivity (Wildman–Crippen MR) is 82.6 cm³/mol. The molecule has 3 aromatic rings. The van der Waals surface area contributed by atoms with E-state index in [1.54, 1.807) is 11.0 Å². The van der Waals surface area contributed by atoms with Crippen LogP contribution in [-0.4, -0.2) is 20.2 Å². The number of hydrogen-bond acceptors (Lipinski definition) is 4. The lowest BCUT2D eigenvalue weighted by Crippen LogP contribution is -2.06.